The molecule has 4 unspecified atom stereocenters. The van der Waals surface area contributed by atoms with Gasteiger partial charge in [0, 0.05) is 39.3 Å². The van der Waals surface area contributed by atoms with E-state index >= 15 is 0 Å². The van der Waals surface area contributed by atoms with Gasteiger partial charge in [0.25, 0.3) is 0 Å². The van der Waals surface area contributed by atoms with E-state index in [9.17, 15) is 5.11 Å². The molecule has 4 N–H and O–H groups in total. The fraction of sp³-hybridized carbons (Fsp3) is 0.857. The first-order valence-corrected chi connectivity index (χ1v) is 3.65. The minimum absolute atomic E-state index is 0. The van der Waals surface area contributed by atoms with Crippen LogP contribution < -0.4 is 0 Å². The first-order chi connectivity index (χ1) is 5.16. The predicted molar refractivity (Wildman–Crippen MR) is 37.5 cm³/mol. The summed E-state index contributed by atoms with van der Waals surface area (Å²) in [5, 5.41) is 36.0. The summed E-state index contributed by atoms with van der Waals surface area (Å²) < 4.78 is 0. The molecule has 1 saturated carbocycles. The SMILES string of the molecule is OCC1C[CH-]C(O)C(O)C1O.[Y]. The van der Waals surface area contributed by atoms with Gasteiger partial charge < -0.3 is 20.4 Å². The molecule has 69 valence electrons. The number of aliphatic hydroxyl groups excluding tert-OH is 4. The van der Waals surface area contributed by atoms with Gasteiger partial charge in [-0.2, -0.15) is 6.42 Å². The molecule has 0 aromatic heterocycles. The van der Waals surface area contributed by atoms with Crippen molar-refractivity contribution in [2.75, 3.05) is 6.61 Å². The molecular weight excluding hydrogens is 237 g/mol. The van der Waals surface area contributed by atoms with Crippen LogP contribution in [0.5, 0.6) is 0 Å². The quantitative estimate of drug-likeness (QED) is 0.417. The van der Waals surface area contributed by atoms with Gasteiger partial charge in [-0.25, -0.2) is 0 Å². The Morgan fingerprint density at radius 1 is 1.17 bits per heavy atom. The average Bonchev–Trinajstić information content (AvgIpc) is 2.01. The molecule has 0 amide bonds. The second-order valence-electron chi connectivity index (χ2n) is 2.89. The van der Waals surface area contributed by atoms with Crippen molar-refractivity contribution in [1.29, 1.82) is 0 Å². The van der Waals surface area contributed by atoms with Gasteiger partial charge in [0.15, 0.2) is 0 Å². The number of aliphatic hydroxyl groups is 4. The van der Waals surface area contributed by atoms with E-state index in [1.54, 1.807) is 0 Å². The van der Waals surface area contributed by atoms with Crippen molar-refractivity contribution in [2.24, 2.45) is 5.92 Å². The molecule has 0 saturated heterocycles. The third-order valence-electron chi connectivity index (χ3n) is 2.10. The van der Waals surface area contributed by atoms with E-state index in [1.165, 1.54) is 6.42 Å². The van der Waals surface area contributed by atoms with Crippen LogP contribution in [-0.4, -0.2) is 45.3 Å². The van der Waals surface area contributed by atoms with E-state index < -0.39 is 18.3 Å². The zero-order valence-corrected chi connectivity index (χ0v) is 9.51. The molecule has 0 spiro atoms. The molecule has 5 heteroatoms. The van der Waals surface area contributed by atoms with E-state index in [1.807, 2.05) is 0 Å². The van der Waals surface area contributed by atoms with E-state index in [4.69, 9.17) is 15.3 Å². The molecule has 1 aliphatic carbocycles. The molecule has 0 heterocycles. The second kappa shape index (κ2) is 5.63. The summed E-state index contributed by atoms with van der Waals surface area (Å²) in [5.41, 5.74) is 0. The van der Waals surface area contributed by atoms with E-state index in [2.05, 4.69) is 0 Å². The van der Waals surface area contributed by atoms with Crippen LogP contribution in [0, 0.1) is 12.3 Å². The molecular formula is C7H13O4Y-. The Kier molecular flexibility index (Phi) is 6.07. The minimum atomic E-state index is -1.15. The molecule has 0 aromatic carbocycles. The van der Waals surface area contributed by atoms with Crippen molar-refractivity contribution in [3.8, 4) is 0 Å². The fourth-order valence-electron chi connectivity index (χ4n) is 1.26. The van der Waals surface area contributed by atoms with Gasteiger partial charge in [0.1, 0.15) is 0 Å². The predicted octanol–water partition coefficient (Wildman–Crippen LogP) is -1.72. The minimum Gasteiger partial charge on any atom is -0.422 e. The van der Waals surface area contributed by atoms with Crippen LogP contribution in [0.4, 0.5) is 0 Å². The van der Waals surface area contributed by atoms with E-state index in [0.717, 1.165) is 0 Å². The number of rotatable bonds is 1. The summed E-state index contributed by atoms with van der Waals surface area (Å²) in [6.45, 7) is -0.165. The zero-order chi connectivity index (χ0) is 8.43. The molecule has 12 heavy (non-hydrogen) atoms. The maximum absolute atomic E-state index is 9.22. The summed E-state index contributed by atoms with van der Waals surface area (Å²) in [6, 6.07) is 0. The average molecular weight is 250 g/mol. The topological polar surface area (TPSA) is 80.9 Å². The number of hydrogen-bond acceptors (Lipinski definition) is 4. The Hall–Kier alpha value is 0.944. The van der Waals surface area contributed by atoms with Gasteiger partial charge in [0.05, 0.1) is 12.2 Å². The summed E-state index contributed by atoms with van der Waals surface area (Å²) >= 11 is 0. The van der Waals surface area contributed by atoms with Gasteiger partial charge >= 0.3 is 0 Å². The molecule has 1 rings (SSSR count). The molecule has 1 radical (unpaired) electrons. The van der Waals surface area contributed by atoms with Crippen LogP contribution in [0.15, 0.2) is 0 Å². The Morgan fingerprint density at radius 2 is 1.75 bits per heavy atom. The van der Waals surface area contributed by atoms with E-state index in [0.29, 0.717) is 6.42 Å². The Balaban J connectivity index is 0.00000121. The Morgan fingerprint density at radius 3 is 2.25 bits per heavy atom. The largest absolute Gasteiger partial charge is 0.422 e. The summed E-state index contributed by atoms with van der Waals surface area (Å²) in [5.74, 6) is -0.339. The van der Waals surface area contributed by atoms with Crippen LogP contribution >= 0.6 is 0 Å². The van der Waals surface area contributed by atoms with Crippen molar-refractivity contribution in [3.63, 3.8) is 0 Å². The van der Waals surface area contributed by atoms with Gasteiger partial charge in [-0.3, -0.25) is 6.42 Å². The molecule has 4 atom stereocenters. The van der Waals surface area contributed by atoms with Crippen molar-refractivity contribution in [1.82, 2.24) is 0 Å². The molecule has 1 fully saturated rings. The molecule has 0 bridgehead atoms. The Bertz CT molecular complexity index is 131. The first-order valence-electron chi connectivity index (χ1n) is 3.65. The molecule has 0 aliphatic heterocycles. The summed E-state index contributed by atoms with van der Waals surface area (Å²) in [6.07, 6.45) is -1.19. The second-order valence-corrected chi connectivity index (χ2v) is 2.89. The monoisotopic (exact) mass is 250 g/mol. The third-order valence-corrected chi connectivity index (χ3v) is 2.10. The van der Waals surface area contributed by atoms with Crippen LogP contribution in [0.2, 0.25) is 0 Å². The van der Waals surface area contributed by atoms with Gasteiger partial charge in [-0.05, 0) is 12.0 Å². The molecule has 0 aromatic rings. The van der Waals surface area contributed by atoms with Crippen molar-refractivity contribution in [3.05, 3.63) is 6.42 Å². The zero-order valence-electron chi connectivity index (χ0n) is 6.67. The summed E-state index contributed by atoms with van der Waals surface area (Å²) in [4.78, 5) is 0. The van der Waals surface area contributed by atoms with Gasteiger partial charge in [-0.1, -0.05) is 0 Å². The van der Waals surface area contributed by atoms with Crippen LogP contribution in [-0.2, 0) is 32.7 Å². The van der Waals surface area contributed by atoms with Crippen molar-refractivity contribution >= 4 is 0 Å². The fourth-order valence-corrected chi connectivity index (χ4v) is 1.26. The first kappa shape index (κ1) is 12.9. The Labute approximate surface area is 96.5 Å². The normalized spacial score (nSPS) is 42.0. The van der Waals surface area contributed by atoms with E-state index in [-0.39, 0.29) is 45.2 Å². The third kappa shape index (κ3) is 2.72. The van der Waals surface area contributed by atoms with Crippen LogP contribution in [0.25, 0.3) is 0 Å². The number of hydrogen-bond donors (Lipinski definition) is 4. The standard InChI is InChI=1S/C7H13O4.Y/c8-3-4-1-2-5(9)7(11)6(4)10;/h2,4-11H,1,3H2;/q-1;. The van der Waals surface area contributed by atoms with Gasteiger partial charge in [-0.15, -0.1) is 0 Å². The van der Waals surface area contributed by atoms with Crippen molar-refractivity contribution < 1.29 is 53.1 Å². The smallest absolute Gasteiger partial charge is 0.0823 e. The van der Waals surface area contributed by atoms with Crippen LogP contribution in [0.1, 0.15) is 6.42 Å². The van der Waals surface area contributed by atoms with Gasteiger partial charge in [0.2, 0.25) is 0 Å². The summed E-state index contributed by atoms with van der Waals surface area (Å²) in [7, 11) is 0. The van der Waals surface area contributed by atoms with Crippen molar-refractivity contribution in [2.45, 2.75) is 24.7 Å². The maximum Gasteiger partial charge on any atom is 0.0823 e. The maximum atomic E-state index is 9.22. The molecule has 1 aliphatic rings. The molecule has 4 nitrogen and oxygen atoms in total. The van der Waals surface area contributed by atoms with Crippen LogP contribution in [0.3, 0.4) is 0 Å².